The maximum Gasteiger partial charge on any atom is 0.268 e. The second-order valence-electron chi connectivity index (χ2n) is 10.4. The summed E-state index contributed by atoms with van der Waals surface area (Å²) in [6, 6.07) is 5.60. The number of fused-ring (bicyclic) bond motifs is 5. The fourth-order valence-electron chi connectivity index (χ4n) is 6.69. The number of imidazole rings is 1. The SMILES string of the molecule is O=C(NCC12CCCC(C1)C1CC1C2)c1cccc2nc(CC(=O)N3CCOCC3)cn12. The van der Waals surface area contributed by atoms with Crippen molar-refractivity contribution in [1.82, 2.24) is 19.6 Å². The molecule has 7 heteroatoms. The molecule has 3 aliphatic carbocycles. The molecule has 170 valence electrons. The number of amides is 2. The van der Waals surface area contributed by atoms with Crippen LogP contribution in [0.4, 0.5) is 0 Å². The summed E-state index contributed by atoms with van der Waals surface area (Å²) >= 11 is 0. The van der Waals surface area contributed by atoms with E-state index in [2.05, 4.69) is 10.3 Å². The van der Waals surface area contributed by atoms with Crippen LogP contribution in [0.3, 0.4) is 0 Å². The Bertz CT molecular complexity index is 1040. The van der Waals surface area contributed by atoms with Crippen molar-refractivity contribution >= 4 is 17.5 Å². The first kappa shape index (κ1) is 20.2. The summed E-state index contributed by atoms with van der Waals surface area (Å²) in [6.07, 6.45) is 10.0. The van der Waals surface area contributed by atoms with Gasteiger partial charge >= 0.3 is 0 Å². The number of nitrogens with one attached hydrogen (secondary N) is 1. The van der Waals surface area contributed by atoms with Crippen molar-refractivity contribution in [2.75, 3.05) is 32.8 Å². The van der Waals surface area contributed by atoms with Gasteiger partial charge in [-0.1, -0.05) is 18.9 Å². The molecule has 0 radical (unpaired) electrons. The van der Waals surface area contributed by atoms with Gasteiger partial charge in [-0.3, -0.25) is 14.0 Å². The predicted molar refractivity (Wildman–Crippen MR) is 119 cm³/mol. The molecule has 2 amide bonds. The number of pyridine rings is 1. The minimum Gasteiger partial charge on any atom is -0.378 e. The van der Waals surface area contributed by atoms with Gasteiger partial charge in [0.25, 0.3) is 5.91 Å². The van der Waals surface area contributed by atoms with Crippen LogP contribution in [0, 0.1) is 23.2 Å². The number of carbonyl (C=O) groups is 2. The Morgan fingerprint density at radius 2 is 2.03 bits per heavy atom. The summed E-state index contributed by atoms with van der Waals surface area (Å²) in [4.78, 5) is 32.2. The Morgan fingerprint density at radius 3 is 2.91 bits per heavy atom. The van der Waals surface area contributed by atoms with Crippen molar-refractivity contribution in [3.05, 3.63) is 35.8 Å². The standard InChI is InChI=1S/C25H32N4O3/c30-23(28-7-9-32-10-8-28)12-19-15-29-21(4-1-5-22(29)27-19)24(31)26-16-25-6-2-3-17(13-25)20-11-18(20)14-25/h1,4-5,15,17-18,20H,2-3,6-14,16H2,(H,26,31). The molecule has 1 aliphatic heterocycles. The summed E-state index contributed by atoms with van der Waals surface area (Å²) in [5, 5.41) is 3.27. The molecule has 32 heavy (non-hydrogen) atoms. The molecule has 1 saturated heterocycles. The predicted octanol–water partition coefficient (Wildman–Crippen LogP) is 2.68. The van der Waals surface area contributed by atoms with E-state index in [0.717, 1.165) is 24.3 Å². The molecule has 0 aromatic carbocycles. The van der Waals surface area contributed by atoms with Crippen LogP contribution in [-0.4, -0.2) is 58.9 Å². The lowest BCUT2D eigenvalue weighted by Gasteiger charge is -2.45. The van der Waals surface area contributed by atoms with Crippen LogP contribution in [0.25, 0.3) is 5.65 Å². The third kappa shape index (κ3) is 3.70. The van der Waals surface area contributed by atoms with Gasteiger partial charge in [0, 0.05) is 25.8 Å². The van der Waals surface area contributed by atoms with Crippen LogP contribution in [0.15, 0.2) is 24.4 Å². The van der Waals surface area contributed by atoms with E-state index in [1.807, 2.05) is 33.7 Å². The number of hydrogen-bond donors (Lipinski definition) is 1. The van der Waals surface area contributed by atoms with Crippen LogP contribution in [0.5, 0.6) is 0 Å². The highest BCUT2D eigenvalue weighted by Gasteiger charge is 2.55. The van der Waals surface area contributed by atoms with E-state index >= 15 is 0 Å². The minimum atomic E-state index is -0.0477. The van der Waals surface area contributed by atoms with Crippen LogP contribution in [-0.2, 0) is 16.0 Å². The summed E-state index contributed by atoms with van der Waals surface area (Å²) in [7, 11) is 0. The molecule has 2 bridgehead atoms. The second-order valence-corrected chi connectivity index (χ2v) is 10.4. The number of carbonyl (C=O) groups excluding carboxylic acids is 2. The molecule has 4 atom stereocenters. The smallest absolute Gasteiger partial charge is 0.268 e. The highest BCUT2D eigenvalue weighted by Crippen LogP contribution is 2.63. The Morgan fingerprint density at radius 1 is 1.19 bits per heavy atom. The van der Waals surface area contributed by atoms with E-state index in [0.29, 0.717) is 48.8 Å². The Kier molecular flexibility index (Phi) is 4.97. The van der Waals surface area contributed by atoms with Gasteiger partial charge in [0.2, 0.25) is 5.91 Å². The topological polar surface area (TPSA) is 75.9 Å². The monoisotopic (exact) mass is 436 g/mol. The van der Waals surface area contributed by atoms with Gasteiger partial charge < -0.3 is 15.0 Å². The van der Waals surface area contributed by atoms with Crippen molar-refractivity contribution in [2.45, 2.75) is 44.9 Å². The van der Waals surface area contributed by atoms with Crippen molar-refractivity contribution in [3.8, 4) is 0 Å². The van der Waals surface area contributed by atoms with Crippen molar-refractivity contribution in [2.24, 2.45) is 23.2 Å². The molecule has 2 aromatic heterocycles. The minimum absolute atomic E-state index is 0.0477. The number of morpholine rings is 1. The quantitative estimate of drug-likeness (QED) is 0.782. The highest BCUT2D eigenvalue weighted by atomic mass is 16.5. The molecule has 2 aromatic rings. The van der Waals surface area contributed by atoms with Crippen LogP contribution in [0.2, 0.25) is 0 Å². The third-order valence-corrected chi connectivity index (χ3v) is 8.35. The molecule has 4 aliphatic rings. The first-order valence-electron chi connectivity index (χ1n) is 12.2. The average molecular weight is 437 g/mol. The van der Waals surface area contributed by atoms with E-state index in [1.165, 1.54) is 38.5 Å². The number of rotatable bonds is 5. The van der Waals surface area contributed by atoms with Crippen molar-refractivity contribution in [1.29, 1.82) is 0 Å². The van der Waals surface area contributed by atoms with Gasteiger partial charge in [-0.15, -0.1) is 0 Å². The van der Waals surface area contributed by atoms with E-state index in [9.17, 15) is 9.59 Å². The van der Waals surface area contributed by atoms with Gasteiger partial charge in [-0.25, -0.2) is 4.98 Å². The Hall–Kier alpha value is -2.41. The maximum atomic E-state index is 13.2. The fourth-order valence-corrected chi connectivity index (χ4v) is 6.69. The molecule has 4 unspecified atom stereocenters. The first-order chi connectivity index (χ1) is 15.6. The van der Waals surface area contributed by atoms with E-state index in [1.54, 1.807) is 0 Å². The Labute approximate surface area is 188 Å². The summed E-state index contributed by atoms with van der Waals surface area (Å²) in [6.45, 7) is 3.21. The number of ether oxygens (including phenoxy) is 1. The Balaban J connectivity index is 1.15. The molecule has 3 heterocycles. The maximum absolute atomic E-state index is 13.2. The summed E-state index contributed by atoms with van der Waals surface area (Å²) in [5.74, 6) is 2.80. The van der Waals surface area contributed by atoms with Crippen molar-refractivity contribution in [3.63, 3.8) is 0 Å². The van der Waals surface area contributed by atoms with Crippen LogP contribution >= 0.6 is 0 Å². The second kappa shape index (κ2) is 7.87. The van der Waals surface area contributed by atoms with E-state index < -0.39 is 0 Å². The van der Waals surface area contributed by atoms with E-state index in [4.69, 9.17) is 4.74 Å². The number of nitrogens with zero attached hydrogens (tertiary/aromatic N) is 3. The number of hydrogen-bond acceptors (Lipinski definition) is 4. The molecule has 7 nitrogen and oxygen atoms in total. The molecular formula is C25H32N4O3. The van der Waals surface area contributed by atoms with Gasteiger partial charge in [0.1, 0.15) is 11.3 Å². The fraction of sp³-hybridized carbons (Fsp3) is 0.640. The summed E-state index contributed by atoms with van der Waals surface area (Å²) < 4.78 is 7.16. The lowest BCUT2D eigenvalue weighted by Crippen LogP contribution is -2.44. The van der Waals surface area contributed by atoms with Gasteiger partial charge in [-0.05, 0) is 61.0 Å². The molecule has 3 saturated carbocycles. The molecule has 4 fully saturated rings. The lowest BCUT2D eigenvalue weighted by molar-refractivity contribution is -0.134. The largest absolute Gasteiger partial charge is 0.378 e. The van der Waals surface area contributed by atoms with Crippen molar-refractivity contribution < 1.29 is 14.3 Å². The zero-order valence-electron chi connectivity index (χ0n) is 18.6. The lowest BCUT2D eigenvalue weighted by atomic mass is 9.62. The zero-order chi connectivity index (χ0) is 21.7. The molecule has 0 spiro atoms. The van der Waals surface area contributed by atoms with E-state index in [-0.39, 0.29) is 18.2 Å². The molecule has 6 rings (SSSR count). The number of aromatic nitrogens is 2. The van der Waals surface area contributed by atoms with Gasteiger partial charge in [0.05, 0.1) is 25.3 Å². The highest BCUT2D eigenvalue weighted by molar-refractivity contribution is 5.93. The van der Waals surface area contributed by atoms with Crippen LogP contribution < -0.4 is 5.32 Å². The van der Waals surface area contributed by atoms with Gasteiger partial charge in [0.15, 0.2) is 0 Å². The first-order valence-corrected chi connectivity index (χ1v) is 12.2. The zero-order valence-corrected chi connectivity index (χ0v) is 18.6. The molecular weight excluding hydrogens is 404 g/mol. The summed E-state index contributed by atoms with van der Waals surface area (Å²) in [5.41, 5.74) is 2.29. The van der Waals surface area contributed by atoms with Gasteiger partial charge in [-0.2, -0.15) is 0 Å². The average Bonchev–Trinajstić information content (AvgIpc) is 3.46. The normalized spacial score (nSPS) is 31.2. The van der Waals surface area contributed by atoms with Crippen LogP contribution in [0.1, 0.15) is 54.7 Å². The third-order valence-electron chi connectivity index (χ3n) is 8.35. The molecule has 1 N–H and O–H groups in total.